The molecule has 2 rings (SSSR count). The summed E-state index contributed by atoms with van der Waals surface area (Å²) in [6.45, 7) is 6.69. The molecule has 0 aliphatic carbocycles. The molecular formula is C23H34O5. The molecule has 1 aromatic carbocycles. The topological polar surface area (TPSA) is 57.9 Å². The molecule has 0 saturated heterocycles. The van der Waals surface area contributed by atoms with Crippen molar-refractivity contribution < 1.29 is 18.6 Å². The van der Waals surface area contributed by atoms with Crippen LogP contribution in [0.15, 0.2) is 27.4 Å². The maximum atomic E-state index is 12.3. The predicted molar refractivity (Wildman–Crippen MR) is 113 cm³/mol. The van der Waals surface area contributed by atoms with Gasteiger partial charge in [0.1, 0.15) is 11.3 Å². The number of fused-ring (bicyclic) bond motifs is 1. The molecule has 2 aromatic rings. The van der Waals surface area contributed by atoms with E-state index in [1.165, 1.54) is 45.6 Å². The Morgan fingerprint density at radius 2 is 1.64 bits per heavy atom. The summed E-state index contributed by atoms with van der Waals surface area (Å²) in [6.07, 6.45) is 9.87. The Hall–Kier alpha value is -2.17. The quantitative estimate of drug-likeness (QED) is 0.305. The number of ether oxygens (including phenoxy) is 3. The largest absolute Gasteiger partial charge is 0.491 e. The van der Waals surface area contributed by atoms with Crippen molar-refractivity contribution in [2.45, 2.75) is 78.2 Å². The molecule has 0 aliphatic rings. The molecule has 1 aromatic heterocycles. The molecule has 0 N–H and O–H groups in total. The summed E-state index contributed by atoms with van der Waals surface area (Å²) in [6, 6.07) is 5.42. The third-order valence-corrected chi connectivity index (χ3v) is 4.61. The molecule has 0 amide bonds. The molecule has 28 heavy (non-hydrogen) atoms. The predicted octanol–water partition coefficient (Wildman–Crippen LogP) is 6.11. The summed E-state index contributed by atoms with van der Waals surface area (Å²) < 4.78 is 22.3. The Balaban J connectivity index is 2.00. The highest BCUT2D eigenvalue weighted by atomic mass is 16.5. The first-order chi connectivity index (χ1) is 13.6. The summed E-state index contributed by atoms with van der Waals surface area (Å²) in [5.41, 5.74) is -0.0995. The van der Waals surface area contributed by atoms with Crippen LogP contribution in [0.5, 0.6) is 17.2 Å². The summed E-state index contributed by atoms with van der Waals surface area (Å²) in [5, 5.41) is 0.715. The summed E-state index contributed by atoms with van der Waals surface area (Å²) in [5.74, 6) is 1.22. The van der Waals surface area contributed by atoms with Gasteiger partial charge in [0.05, 0.1) is 25.2 Å². The van der Waals surface area contributed by atoms with Gasteiger partial charge in [0.25, 0.3) is 0 Å². The van der Waals surface area contributed by atoms with Crippen molar-refractivity contribution in [3.05, 3.63) is 28.6 Å². The van der Waals surface area contributed by atoms with Gasteiger partial charge in [-0.05, 0) is 32.4 Å². The van der Waals surface area contributed by atoms with Gasteiger partial charge in [-0.15, -0.1) is 0 Å². The van der Waals surface area contributed by atoms with Crippen molar-refractivity contribution in [1.82, 2.24) is 0 Å². The van der Waals surface area contributed by atoms with Gasteiger partial charge in [0.15, 0.2) is 5.75 Å². The lowest BCUT2D eigenvalue weighted by Gasteiger charge is -2.14. The Labute approximate surface area is 168 Å². The van der Waals surface area contributed by atoms with Crippen molar-refractivity contribution in [2.24, 2.45) is 0 Å². The molecule has 5 heteroatoms. The van der Waals surface area contributed by atoms with Gasteiger partial charge in [-0.1, -0.05) is 51.9 Å². The van der Waals surface area contributed by atoms with E-state index >= 15 is 0 Å². The lowest BCUT2D eigenvalue weighted by Crippen LogP contribution is -2.09. The lowest BCUT2D eigenvalue weighted by molar-refractivity contribution is 0.242. The standard InChI is InChI=1S/C23H34O5/c1-5-6-7-8-9-10-11-12-15-26-21-19-14-13-18(27-17(2)3)16-20(19)28-23(24)22(21)25-4/h13-14,16-17H,5-12,15H2,1-4H3. The summed E-state index contributed by atoms with van der Waals surface area (Å²) in [4.78, 5) is 12.3. The molecule has 0 fully saturated rings. The van der Waals surface area contributed by atoms with Crippen molar-refractivity contribution in [3.63, 3.8) is 0 Å². The van der Waals surface area contributed by atoms with Crippen LogP contribution < -0.4 is 19.8 Å². The molecular weight excluding hydrogens is 356 g/mol. The van der Waals surface area contributed by atoms with E-state index in [4.69, 9.17) is 18.6 Å². The fourth-order valence-corrected chi connectivity index (χ4v) is 3.21. The Kier molecular flexibility index (Phi) is 9.18. The van der Waals surface area contributed by atoms with Crippen LogP contribution in [0.25, 0.3) is 11.0 Å². The monoisotopic (exact) mass is 390 g/mol. The number of unbranched alkanes of at least 4 members (excludes halogenated alkanes) is 7. The Morgan fingerprint density at radius 1 is 0.964 bits per heavy atom. The van der Waals surface area contributed by atoms with E-state index in [1.54, 1.807) is 6.07 Å². The highest BCUT2D eigenvalue weighted by Crippen LogP contribution is 2.34. The third kappa shape index (κ3) is 6.47. The van der Waals surface area contributed by atoms with Gasteiger partial charge < -0.3 is 18.6 Å². The van der Waals surface area contributed by atoms with E-state index in [9.17, 15) is 4.79 Å². The summed E-state index contributed by atoms with van der Waals surface area (Å²) in [7, 11) is 1.46. The number of hydrogen-bond donors (Lipinski definition) is 0. The summed E-state index contributed by atoms with van der Waals surface area (Å²) >= 11 is 0. The normalized spacial score (nSPS) is 11.2. The van der Waals surface area contributed by atoms with Crippen LogP contribution >= 0.6 is 0 Å². The Morgan fingerprint density at radius 3 is 2.29 bits per heavy atom. The molecule has 0 radical (unpaired) electrons. The number of rotatable bonds is 13. The fraction of sp³-hybridized carbons (Fsp3) is 0.609. The molecule has 1 heterocycles. The second kappa shape index (κ2) is 11.6. The van der Waals surface area contributed by atoms with E-state index in [0.29, 0.717) is 29.1 Å². The third-order valence-electron chi connectivity index (χ3n) is 4.61. The van der Waals surface area contributed by atoms with Crippen LogP contribution in [0.3, 0.4) is 0 Å². The van der Waals surface area contributed by atoms with Crippen LogP contribution in [0.1, 0.15) is 72.1 Å². The van der Waals surface area contributed by atoms with Gasteiger partial charge in [0, 0.05) is 6.07 Å². The smallest absolute Gasteiger partial charge is 0.383 e. The van der Waals surface area contributed by atoms with E-state index in [1.807, 2.05) is 26.0 Å². The van der Waals surface area contributed by atoms with Crippen LogP contribution in [-0.2, 0) is 0 Å². The molecule has 0 atom stereocenters. The average Bonchev–Trinajstić information content (AvgIpc) is 2.65. The average molecular weight is 391 g/mol. The van der Waals surface area contributed by atoms with E-state index < -0.39 is 5.63 Å². The van der Waals surface area contributed by atoms with Crippen LogP contribution in [0, 0.1) is 0 Å². The molecule has 0 unspecified atom stereocenters. The zero-order valence-electron chi connectivity index (χ0n) is 17.7. The van der Waals surface area contributed by atoms with Gasteiger partial charge >= 0.3 is 5.63 Å². The maximum absolute atomic E-state index is 12.3. The minimum absolute atomic E-state index is 0.0418. The van der Waals surface area contributed by atoms with Crippen molar-refractivity contribution >= 4 is 11.0 Å². The zero-order chi connectivity index (χ0) is 20.4. The highest BCUT2D eigenvalue weighted by molar-refractivity contribution is 5.86. The van der Waals surface area contributed by atoms with Gasteiger partial charge in [-0.3, -0.25) is 0 Å². The second-order valence-corrected chi connectivity index (χ2v) is 7.40. The molecule has 0 spiro atoms. The van der Waals surface area contributed by atoms with E-state index in [2.05, 4.69) is 6.92 Å². The van der Waals surface area contributed by atoms with Gasteiger partial charge in [-0.2, -0.15) is 0 Å². The fourth-order valence-electron chi connectivity index (χ4n) is 3.21. The first-order valence-corrected chi connectivity index (χ1v) is 10.5. The minimum atomic E-state index is -0.539. The Bertz CT molecular complexity index is 778. The highest BCUT2D eigenvalue weighted by Gasteiger charge is 2.17. The van der Waals surface area contributed by atoms with Crippen molar-refractivity contribution in [1.29, 1.82) is 0 Å². The van der Waals surface area contributed by atoms with Gasteiger partial charge in [0.2, 0.25) is 5.75 Å². The van der Waals surface area contributed by atoms with E-state index in [-0.39, 0.29) is 11.9 Å². The second-order valence-electron chi connectivity index (χ2n) is 7.40. The van der Waals surface area contributed by atoms with Crippen molar-refractivity contribution in [2.75, 3.05) is 13.7 Å². The minimum Gasteiger partial charge on any atom is -0.491 e. The molecule has 0 saturated carbocycles. The molecule has 5 nitrogen and oxygen atoms in total. The molecule has 0 aliphatic heterocycles. The molecule has 156 valence electrons. The zero-order valence-corrected chi connectivity index (χ0v) is 17.7. The SMILES string of the molecule is CCCCCCCCCCOc1c(OC)c(=O)oc2cc(OC(C)C)ccc12. The van der Waals surface area contributed by atoms with Crippen molar-refractivity contribution in [3.8, 4) is 17.2 Å². The first kappa shape index (κ1) is 22.1. The maximum Gasteiger partial charge on any atom is 0.383 e. The first-order valence-electron chi connectivity index (χ1n) is 10.5. The lowest BCUT2D eigenvalue weighted by atomic mass is 10.1. The number of benzene rings is 1. The van der Waals surface area contributed by atoms with Crippen LogP contribution in [0.2, 0.25) is 0 Å². The van der Waals surface area contributed by atoms with Crippen LogP contribution in [0.4, 0.5) is 0 Å². The molecule has 0 bridgehead atoms. The number of hydrogen-bond acceptors (Lipinski definition) is 5. The van der Waals surface area contributed by atoms with Gasteiger partial charge in [-0.25, -0.2) is 4.79 Å². The van der Waals surface area contributed by atoms with E-state index in [0.717, 1.165) is 12.8 Å². The van der Waals surface area contributed by atoms with Crippen LogP contribution in [-0.4, -0.2) is 19.8 Å². The number of methoxy groups -OCH3 is 1.